The summed E-state index contributed by atoms with van der Waals surface area (Å²) >= 11 is 3.51. The van der Waals surface area contributed by atoms with Gasteiger partial charge in [-0.1, -0.05) is 13.0 Å². The Morgan fingerprint density at radius 1 is 1.25 bits per heavy atom. The predicted octanol–water partition coefficient (Wildman–Crippen LogP) is 4.47. The Kier molecular flexibility index (Phi) is 4.95. The molecule has 20 heavy (non-hydrogen) atoms. The summed E-state index contributed by atoms with van der Waals surface area (Å²) in [5.41, 5.74) is 2.09. The second kappa shape index (κ2) is 6.70. The lowest BCUT2D eigenvalue weighted by molar-refractivity contribution is 0.455. The third-order valence-corrected chi connectivity index (χ3v) is 3.49. The number of aryl methyl sites for hydroxylation is 1. The van der Waals surface area contributed by atoms with E-state index in [1.165, 1.54) is 11.9 Å². The number of nitrogens with zero attached hydrogens (tertiary/aromatic N) is 2. The minimum atomic E-state index is 0.572. The standard InChI is InChI=1S/C15H18BrN3O/c1-4-7-17-14-11(3)15(19-9-18-14)20-13-6-5-10(2)8-12(13)16/h5-6,8-9H,4,7H2,1-3H3,(H,17,18,19). The van der Waals surface area contributed by atoms with Crippen LogP contribution in [0.15, 0.2) is 29.0 Å². The van der Waals surface area contributed by atoms with Gasteiger partial charge in [-0.15, -0.1) is 0 Å². The van der Waals surface area contributed by atoms with Gasteiger partial charge in [0.15, 0.2) is 0 Å². The van der Waals surface area contributed by atoms with Gasteiger partial charge in [-0.2, -0.15) is 0 Å². The Balaban J connectivity index is 2.24. The van der Waals surface area contributed by atoms with E-state index in [0.29, 0.717) is 5.88 Å². The zero-order chi connectivity index (χ0) is 14.5. The number of halogens is 1. The van der Waals surface area contributed by atoms with Crippen LogP contribution in [0.1, 0.15) is 24.5 Å². The highest BCUT2D eigenvalue weighted by atomic mass is 79.9. The molecule has 0 aliphatic carbocycles. The highest BCUT2D eigenvalue weighted by molar-refractivity contribution is 9.10. The Morgan fingerprint density at radius 3 is 2.75 bits per heavy atom. The quantitative estimate of drug-likeness (QED) is 0.875. The summed E-state index contributed by atoms with van der Waals surface area (Å²) in [4.78, 5) is 8.45. The average Bonchev–Trinajstić information content (AvgIpc) is 2.42. The molecule has 1 aromatic carbocycles. The van der Waals surface area contributed by atoms with Crippen molar-refractivity contribution in [3.05, 3.63) is 40.1 Å². The number of aromatic nitrogens is 2. The molecule has 1 aromatic heterocycles. The number of rotatable bonds is 5. The number of ether oxygens (including phenoxy) is 1. The van der Waals surface area contributed by atoms with Crippen LogP contribution in [0.25, 0.3) is 0 Å². The fourth-order valence-corrected chi connectivity index (χ4v) is 2.33. The SMILES string of the molecule is CCCNc1ncnc(Oc2ccc(C)cc2Br)c1C. The van der Waals surface area contributed by atoms with Gasteiger partial charge in [0.05, 0.1) is 10.0 Å². The molecule has 0 aliphatic rings. The van der Waals surface area contributed by atoms with Crippen LogP contribution >= 0.6 is 15.9 Å². The van der Waals surface area contributed by atoms with Gasteiger partial charge >= 0.3 is 0 Å². The second-order valence-corrected chi connectivity index (χ2v) is 5.47. The molecule has 1 N–H and O–H groups in total. The molecular weight excluding hydrogens is 318 g/mol. The van der Waals surface area contributed by atoms with Crippen molar-refractivity contribution in [2.45, 2.75) is 27.2 Å². The van der Waals surface area contributed by atoms with Crippen LogP contribution in [-0.2, 0) is 0 Å². The fraction of sp³-hybridized carbons (Fsp3) is 0.333. The number of anilines is 1. The van der Waals surface area contributed by atoms with E-state index in [4.69, 9.17) is 4.74 Å². The Hall–Kier alpha value is -1.62. The average molecular weight is 336 g/mol. The summed E-state index contributed by atoms with van der Waals surface area (Å²) in [6, 6.07) is 5.95. The molecule has 2 aromatic rings. The Labute approximate surface area is 127 Å². The first-order chi connectivity index (χ1) is 9.61. The van der Waals surface area contributed by atoms with Crippen LogP contribution in [0, 0.1) is 13.8 Å². The van der Waals surface area contributed by atoms with Crippen LogP contribution in [-0.4, -0.2) is 16.5 Å². The lowest BCUT2D eigenvalue weighted by Gasteiger charge is -2.12. The molecule has 0 spiro atoms. The van der Waals surface area contributed by atoms with E-state index in [1.54, 1.807) is 0 Å². The molecule has 0 amide bonds. The van der Waals surface area contributed by atoms with Gasteiger partial charge in [-0.25, -0.2) is 9.97 Å². The van der Waals surface area contributed by atoms with Gasteiger partial charge < -0.3 is 10.1 Å². The van der Waals surface area contributed by atoms with Gasteiger partial charge in [0.1, 0.15) is 17.9 Å². The van der Waals surface area contributed by atoms with Gasteiger partial charge in [0.25, 0.3) is 0 Å². The number of hydrogen-bond donors (Lipinski definition) is 1. The van der Waals surface area contributed by atoms with Crippen LogP contribution < -0.4 is 10.1 Å². The van der Waals surface area contributed by atoms with E-state index >= 15 is 0 Å². The molecule has 1 heterocycles. The first kappa shape index (κ1) is 14.8. The fourth-order valence-electron chi connectivity index (χ4n) is 1.75. The minimum absolute atomic E-state index is 0.572. The summed E-state index contributed by atoms with van der Waals surface area (Å²) in [5.74, 6) is 2.14. The lowest BCUT2D eigenvalue weighted by Crippen LogP contribution is -2.05. The number of benzene rings is 1. The monoisotopic (exact) mass is 335 g/mol. The van der Waals surface area contributed by atoms with E-state index in [0.717, 1.165) is 34.6 Å². The molecule has 4 nitrogen and oxygen atoms in total. The number of hydrogen-bond acceptors (Lipinski definition) is 4. The molecule has 0 radical (unpaired) electrons. The highest BCUT2D eigenvalue weighted by Gasteiger charge is 2.10. The number of nitrogens with one attached hydrogen (secondary N) is 1. The topological polar surface area (TPSA) is 47.0 Å². The summed E-state index contributed by atoms with van der Waals surface area (Å²) in [6.07, 6.45) is 2.56. The largest absolute Gasteiger partial charge is 0.437 e. The van der Waals surface area contributed by atoms with Gasteiger partial charge in [-0.3, -0.25) is 0 Å². The van der Waals surface area contributed by atoms with Crippen LogP contribution in [0.4, 0.5) is 5.82 Å². The molecule has 0 saturated carbocycles. The molecule has 0 unspecified atom stereocenters. The van der Waals surface area contributed by atoms with Crippen molar-refractivity contribution < 1.29 is 4.74 Å². The van der Waals surface area contributed by atoms with E-state index in [2.05, 4.69) is 38.1 Å². The van der Waals surface area contributed by atoms with E-state index < -0.39 is 0 Å². The van der Waals surface area contributed by atoms with Crippen molar-refractivity contribution in [2.24, 2.45) is 0 Å². The van der Waals surface area contributed by atoms with Crippen molar-refractivity contribution in [2.75, 3.05) is 11.9 Å². The zero-order valence-electron chi connectivity index (χ0n) is 11.9. The summed E-state index contributed by atoms with van der Waals surface area (Å²) in [6.45, 7) is 6.99. The molecule has 0 aliphatic heterocycles. The molecule has 0 atom stereocenters. The smallest absolute Gasteiger partial charge is 0.227 e. The minimum Gasteiger partial charge on any atom is -0.437 e. The third-order valence-electron chi connectivity index (χ3n) is 2.87. The van der Waals surface area contributed by atoms with E-state index in [1.807, 2.05) is 32.0 Å². The molecule has 0 fully saturated rings. The van der Waals surface area contributed by atoms with Crippen molar-refractivity contribution in [1.82, 2.24) is 9.97 Å². The van der Waals surface area contributed by atoms with Crippen LogP contribution in [0.3, 0.4) is 0 Å². The summed E-state index contributed by atoms with van der Waals surface area (Å²) in [5, 5.41) is 3.27. The van der Waals surface area contributed by atoms with E-state index in [-0.39, 0.29) is 0 Å². The Bertz CT molecular complexity index is 602. The highest BCUT2D eigenvalue weighted by Crippen LogP contribution is 2.32. The van der Waals surface area contributed by atoms with Gasteiger partial charge in [0.2, 0.25) is 5.88 Å². The van der Waals surface area contributed by atoms with Gasteiger partial charge in [0, 0.05) is 6.54 Å². The molecule has 5 heteroatoms. The van der Waals surface area contributed by atoms with Crippen molar-refractivity contribution in [1.29, 1.82) is 0 Å². The summed E-state index contributed by atoms with van der Waals surface area (Å²) < 4.78 is 6.79. The molecule has 2 rings (SSSR count). The molecule has 106 valence electrons. The van der Waals surface area contributed by atoms with Gasteiger partial charge in [-0.05, 0) is 53.9 Å². The molecular formula is C15H18BrN3O. The van der Waals surface area contributed by atoms with E-state index in [9.17, 15) is 0 Å². The van der Waals surface area contributed by atoms with Crippen LogP contribution in [0.5, 0.6) is 11.6 Å². The zero-order valence-corrected chi connectivity index (χ0v) is 13.5. The molecule has 0 saturated heterocycles. The van der Waals surface area contributed by atoms with Crippen molar-refractivity contribution >= 4 is 21.7 Å². The van der Waals surface area contributed by atoms with Crippen LogP contribution in [0.2, 0.25) is 0 Å². The lowest BCUT2D eigenvalue weighted by atomic mass is 10.2. The third kappa shape index (κ3) is 3.48. The second-order valence-electron chi connectivity index (χ2n) is 4.62. The van der Waals surface area contributed by atoms with Crippen molar-refractivity contribution in [3.8, 4) is 11.6 Å². The predicted molar refractivity (Wildman–Crippen MR) is 84.5 cm³/mol. The maximum atomic E-state index is 5.88. The Morgan fingerprint density at radius 2 is 2.05 bits per heavy atom. The maximum absolute atomic E-state index is 5.88. The summed E-state index contributed by atoms with van der Waals surface area (Å²) in [7, 11) is 0. The first-order valence-electron chi connectivity index (χ1n) is 6.61. The van der Waals surface area contributed by atoms with Crippen molar-refractivity contribution in [3.63, 3.8) is 0 Å². The first-order valence-corrected chi connectivity index (χ1v) is 7.40. The maximum Gasteiger partial charge on any atom is 0.227 e. The normalized spacial score (nSPS) is 10.4. The molecule has 0 bridgehead atoms.